The van der Waals surface area contributed by atoms with Crippen molar-refractivity contribution in [1.82, 2.24) is 15.0 Å². The van der Waals surface area contributed by atoms with Gasteiger partial charge in [-0.15, -0.1) is 5.10 Å². The van der Waals surface area contributed by atoms with E-state index < -0.39 is 0 Å². The predicted molar refractivity (Wildman–Crippen MR) is 119 cm³/mol. The van der Waals surface area contributed by atoms with Gasteiger partial charge in [0.05, 0.1) is 32.4 Å². The molecule has 1 amide bonds. The number of fused-ring (bicyclic) bond motifs is 1. The molecular weight excluding hydrogens is 412 g/mol. The normalized spacial score (nSPS) is 10.6. The standard InChI is InChI=1S/C23H20N4O5/c1-30-19-12-15(13-20(31-2)21(19)32-3)24-22(28)14-8-10-16(11-9-14)27-23(29)17-6-4-5-7-18(17)25-26-27/h4-13H,1-3H3,(H,24,28). The van der Waals surface area contributed by atoms with E-state index in [0.29, 0.717) is 45.1 Å². The number of nitrogens with zero attached hydrogens (tertiary/aromatic N) is 3. The molecule has 1 aromatic heterocycles. The molecular formula is C23H20N4O5. The van der Waals surface area contributed by atoms with E-state index in [-0.39, 0.29) is 11.5 Å². The van der Waals surface area contributed by atoms with Crippen molar-refractivity contribution in [3.8, 4) is 22.9 Å². The van der Waals surface area contributed by atoms with Crippen molar-refractivity contribution in [3.05, 3.63) is 76.6 Å². The number of anilines is 1. The van der Waals surface area contributed by atoms with E-state index in [9.17, 15) is 9.59 Å². The first-order valence-corrected chi connectivity index (χ1v) is 9.62. The highest BCUT2D eigenvalue weighted by Crippen LogP contribution is 2.40. The van der Waals surface area contributed by atoms with Crippen LogP contribution < -0.4 is 25.1 Å². The van der Waals surface area contributed by atoms with E-state index in [1.807, 2.05) is 0 Å². The van der Waals surface area contributed by atoms with E-state index in [1.165, 1.54) is 26.0 Å². The Morgan fingerprint density at radius 3 is 2.19 bits per heavy atom. The molecule has 3 aromatic carbocycles. The number of nitrogens with one attached hydrogen (secondary N) is 1. The Morgan fingerprint density at radius 1 is 0.906 bits per heavy atom. The van der Waals surface area contributed by atoms with Gasteiger partial charge in [0.15, 0.2) is 11.5 Å². The zero-order valence-electron chi connectivity index (χ0n) is 17.7. The molecule has 0 spiro atoms. The number of amides is 1. The third kappa shape index (κ3) is 3.83. The molecule has 0 saturated heterocycles. The van der Waals surface area contributed by atoms with Crippen molar-refractivity contribution in [2.24, 2.45) is 0 Å². The number of carbonyl (C=O) groups excluding carboxylic acids is 1. The molecule has 0 radical (unpaired) electrons. The zero-order valence-corrected chi connectivity index (χ0v) is 17.7. The summed E-state index contributed by atoms with van der Waals surface area (Å²) in [5.74, 6) is 0.931. The molecule has 0 atom stereocenters. The second-order valence-corrected chi connectivity index (χ2v) is 6.74. The van der Waals surface area contributed by atoms with Crippen LogP contribution in [0.2, 0.25) is 0 Å². The van der Waals surface area contributed by atoms with Crippen LogP contribution in [0.5, 0.6) is 17.2 Å². The summed E-state index contributed by atoms with van der Waals surface area (Å²) in [5, 5.41) is 11.3. The highest BCUT2D eigenvalue weighted by molar-refractivity contribution is 6.04. The average Bonchev–Trinajstić information content (AvgIpc) is 2.84. The number of hydrogen-bond acceptors (Lipinski definition) is 7. The lowest BCUT2D eigenvalue weighted by molar-refractivity contribution is 0.102. The molecule has 0 unspecified atom stereocenters. The highest BCUT2D eigenvalue weighted by atomic mass is 16.5. The number of carbonyl (C=O) groups is 1. The van der Waals surface area contributed by atoms with E-state index in [4.69, 9.17) is 14.2 Å². The molecule has 1 heterocycles. The van der Waals surface area contributed by atoms with Crippen molar-refractivity contribution >= 4 is 22.5 Å². The molecule has 9 heteroatoms. The van der Waals surface area contributed by atoms with Crippen LogP contribution in [0, 0.1) is 0 Å². The maximum atomic E-state index is 12.7. The van der Waals surface area contributed by atoms with Gasteiger partial charge in [0.1, 0.15) is 5.52 Å². The minimum absolute atomic E-state index is 0.287. The smallest absolute Gasteiger partial charge is 0.282 e. The third-order valence-electron chi connectivity index (χ3n) is 4.87. The Bertz CT molecular complexity index is 1320. The minimum Gasteiger partial charge on any atom is -0.493 e. The lowest BCUT2D eigenvalue weighted by Gasteiger charge is -2.14. The first kappa shape index (κ1) is 20.9. The minimum atomic E-state index is -0.345. The van der Waals surface area contributed by atoms with Crippen molar-refractivity contribution in [2.75, 3.05) is 26.6 Å². The maximum absolute atomic E-state index is 12.7. The molecule has 162 valence electrons. The van der Waals surface area contributed by atoms with Crippen LogP contribution in [0.25, 0.3) is 16.6 Å². The monoisotopic (exact) mass is 432 g/mol. The van der Waals surface area contributed by atoms with Gasteiger partial charge in [-0.1, -0.05) is 17.3 Å². The molecule has 0 aliphatic rings. The van der Waals surface area contributed by atoms with Gasteiger partial charge in [0, 0.05) is 23.4 Å². The van der Waals surface area contributed by atoms with Crippen LogP contribution in [-0.2, 0) is 0 Å². The van der Waals surface area contributed by atoms with Crippen molar-refractivity contribution in [1.29, 1.82) is 0 Å². The Hall–Kier alpha value is -4.40. The molecule has 9 nitrogen and oxygen atoms in total. The number of rotatable bonds is 6. The second-order valence-electron chi connectivity index (χ2n) is 6.74. The fourth-order valence-corrected chi connectivity index (χ4v) is 3.27. The number of ether oxygens (including phenoxy) is 3. The Morgan fingerprint density at radius 2 is 1.56 bits per heavy atom. The van der Waals surface area contributed by atoms with Crippen LogP contribution >= 0.6 is 0 Å². The number of aromatic nitrogens is 3. The lowest BCUT2D eigenvalue weighted by Crippen LogP contribution is -2.22. The quantitative estimate of drug-likeness (QED) is 0.499. The molecule has 0 bridgehead atoms. The molecule has 32 heavy (non-hydrogen) atoms. The molecule has 4 aromatic rings. The van der Waals surface area contributed by atoms with Crippen LogP contribution in [0.4, 0.5) is 5.69 Å². The SMILES string of the molecule is COc1cc(NC(=O)c2ccc(-n3nnc4ccccc4c3=O)cc2)cc(OC)c1OC. The summed E-state index contributed by atoms with van der Waals surface area (Å²) in [6.07, 6.45) is 0. The lowest BCUT2D eigenvalue weighted by atomic mass is 10.1. The number of hydrogen-bond donors (Lipinski definition) is 1. The summed E-state index contributed by atoms with van der Waals surface area (Å²) in [7, 11) is 4.50. The largest absolute Gasteiger partial charge is 0.493 e. The molecule has 4 rings (SSSR count). The summed E-state index contributed by atoms with van der Waals surface area (Å²) in [4.78, 5) is 25.4. The molecule has 0 saturated carbocycles. The third-order valence-corrected chi connectivity index (χ3v) is 4.87. The van der Waals surface area contributed by atoms with Gasteiger partial charge in [-0.25, -0.2) is 0 Å². The fourth-order valence-electron chi connectivity index (χ4n) is 3.27. The summed E-state index contributed by atoms with van der Waals surface area (Å²) < 4.78 is 17.1. The van der Waals surface area contributed by atoms with Gasteiger partial charge in [0.2, 0.25) is 5.75 Å². The molecule has 0 aliphatic carbocycles. The van der Waals surface area contributed by atoms with Crippen molar-refractivity contribution < 1.29 is 19.0 Å². The predicted octanol–water partition coefficient (Wildman–Crippen LogP) is 3.06. The summed E-state index contributed by atoms with van der Waals surface area (Å²) in [5.41, 5.74) is 1.60. The van der Waals surface area contributed by atoms with Gasteiger partial charge < -0.3 is 19.5 Å². The van der Waals surface area contributed by atoms with Gasteiger partial charge in [-0.3, -0.25) is 9.59 Å². The Balaban J connectivity index is 1.59. The van der Waals surface area contributed by atoms with Gasteiger partial charge in [-0.05, 0) is 36.4 Å². The number of methoxy groups -OCH3 is 3. The van der Waals surface area contributed by atoms with Gasteiger partial charge in [-0.2, -0.15) is 4.68 Å². The Kier molecular flexibility index (Phi) is 5.71. The van der Waals surface area contributed by atoms with Crippen LogP contribution in [0.3, 0.4) is 0 Å². The van der Waals surface area contributed by atoms with Crippen LogP contribution in [0.1, 0.15) is 10.4 Å². The second kappa shape index (κ2) is 8.76. The summed E-state index contributed by atoms with van der Waals surface area (Å²) >= 11 is 0. The molecule has 1 N–H and O–H groups in total. The van der Waals surface area contributed by atoms with Crippen molar-refractivity contribution in [3.63, 3.8) is 0 Å². The first-order valence-electron chi connectivity index (χ1n) is 9.62. The van der Waals surface area contributed by atoms with E-state index >= 15 is 0 Å². The summed E-state index contributed by atoms with van der Waals surface area (Å²) in [6.45, 7) is 0. The topological polar surface area (TPSA) is 105 Å². The first-order chi connectivity index (χ1) is 15.5. The average molecular weight is 432 g/mol. The maximum Gasteiger partial charge on any atom is 0.282 e. The number of benzene rings is 3. The van der Waals surface area contributed by atoms with Crippen LogP contribution in [0.15, 0.2) is 65.5 Å². The Labute approximate surface area is 183 Å². The molecule has 0 fully saturated rings. The zero-order chi connectivity index (χ0) is 22.7. The van der Waals surface area contributed by atoms with Crippen LogP contribution in [-0.4, -0.2) is 42.2 Å². The van der Waals surface area contributed by atoms with Gasteiger partial charge >= 0.3 is 0 Å². The molecule has 0 aliphatic heterocycles. The van der Waals surface area contributed by atoms with E-state index in [2.05, 4.69) is 15.6 Å². The summed E-state index contributed by atoms with van der Waals surface area (Å²) in [6, 6.07) is 16.7. The fraction of sp³-hybridized carbons (Fsp3) is 0.130. The van der Waals surface area contributed by atoms with E-state index in [0.717, 1.165) is 0 Å². The highest BCUT2D eigenvalue weighted by Gasteiger charge is 2.15. The van der Waals surface area contributed by atoms with E-state index in [1.54, 1.807) is 60.7 Å². The van der Waals surface area contributed by atoms with Gasteiger partial charge in [0.25, 0.3) is 11.5 Å². The van der Waals surface area contributed by atoms with Crippen molar-refractivity contribution in [2.45, 2.75) is 0 Å².